The number of nitrogens with zero attached hydrogens (tertiary/aromatic N) is 1. The molecule has 5 nitrogen and oxygen atoms in total. The summed E-state index contributed by atoms with van der Waals surface area (Å²) in [6.45, 7) is 5.94. The Hall–Kier alpha value is -2.18. The number of nitrogens with two attached hydrogens (primary N) is 1. The van der Waals surface area contributed by atoms with Crippen molar-refractivity contribution >= 4 is 15.7 Å². The first-order valence-corrected chi connectivity index (χ1v) is 10.8. The van der Waals surface area contributed by atoms with Crippen molar-refractivity contribution in [1.29, 1.82) is 0 Å². The third-order valence-electron chi connectivity index (χ3n) is 5.28. The minimum atomic E-state index is -3.41. The fourth-order valence-corrected chi connectivity index (χ4v) is 4.69. The van der Waals surface area contributed by atoms with Gasteiger partial charge in [0.1, 0.15) is 0 Å². The molecule has 1 saturated heterocycles. The first-order chi connectivity index (χ1) is 12.7. The number of likely N-dealkylation sites (tertiary alicyclic amines) is 1. The maximum Gasteiger partial charge on any atom is 0.253 e. The average Bonchev–Trinajstić information content (AvgIpc) is 3.05. The van der Waals surface area contributed by atoms with Gasteiger partial charge in [0.05, 0.1) is 10.6 Å². The molecule has 1 heterocycles. The predicted molar refractivity (Wildman–Crippen MR) is 106 cm³/mol. The van der Waals surface area contributed by atoms with Gasteiger partial charge in [-0.05, 0) is 55.1 Å². The Morgan fingerprint density at radius 2 is 1.74 bits per heavy atom. The Morgan fingerprint density at radius 1 is 1.11 bits per heavy atom. The summed E-state index contributed by atoms with van der Waals surface area (Å²) in [6.07, 6.45) is 0.905. The van der Waals surface area contributed by atoms with E-state index in [9.17, 15) is 13.2 Å². The average molecular weight is 387 g/mol. The van der Waals surface area contributed by atoms with Crippen LogP contribution >= 0.6 is 0 Å². The molecule has 1 atom stereocenters. The third kappa shape index (κ3) is 4.39. The van der Waals surface area contributed by atoms with Gasteiger partial charge in [-0.25, -0.2) is 8.42 Å². The van der Waals surface area contributed by atoms with Gasteiger partial charge in [-0.15, -0.1) is 0 Å². The van der Waals surface area contributed by atoms with E-state index in [-0.39, 0.29) is 17.1 Å². The van der Waals surface area contributed by atoms with Crippen molar-refractivity contribution < 1.29 is 13.2 Å². The van der Waals surface area contributed by atoms with E-state index >= 15 is 0 Å². The fourth-order valence-electron chi connectivity index (χ4n) is 3.34. The standard InChI is InChI=1S/C21H26N2O3S/c1-16-3-9-19(10-4-16)27(25,26)13-17-5-7-18(8-6-17)20(24)23-12-11-21(2,14-22)15-23/h3-10H,11-15,22H2,1-2H3. The highest BCUT2D eigenvalue weighted by molar-refractivity contribution is 7.90. The van der Waals surface area contributed by atoms with Crippen LogP contribution < -0.4 is 5.73 Å². The number of amides is 1. The topological polar surface area (TPSA) is 80.5 Å². The molecule has 1 fully saturated rings. The second kappa shape index (κ2) is 7.44. The maximum atomic E-state index is 12.7. The molecule has 0 radical (unpaired) electrons. The predicted octanol–water partition coefficient (Wildman–Crippen LogP) is 2.78. The zero-order chi connectivity index (χ0) is 19.7. The minimum Gasteiger partial charge on any atom is -0.338 e. The van der Waals surface area contributed by atoms with E-state index in [0.717, 1.165) is 12.0 Å². The van der Waals surface area contributed by atoms with Crippen LogP contribution in [0.2, 0.25) is 0 Å². The van der Waals surface area contributed by atoms with E-state index in [0.29, 0.717) is 35.7 Å². The summed E-state index contributed by atoms with van der Waals surface area (Å²) >= 11 is 0. The molecule has 3 rings (SSSR count). The molecule has 0 aromatic heterocycles. The number of hydrogen-bond acceptors (Lipinski definition) is 4. The molecule has 1 unspecified atom stereocenters. The quantitative estimate of drug-likeness (QED) is 0.857. The monoisotopic (exact) mass is 386 g/mol. The van der Waals surface area contributed by atoms with Crippen LogP contribution in [0.5, 0.6) is 0 Å². The molecule has 2 aromatic carbocycles. The third-order valence-corrected chi connectivity index (χ3v) is 6.98. The molecule has 0 saturated carbocycles. The number of rotatable bonds is 5. The van der Waals surface area contributed by atoms with Crippen molar-refractivity contribution in [1.82, 2.24) is 4.90 Å². The summed E-state index contributed by atoms with van der Waals surface area (Å²) in [5, 5.41) is 0. The molecule has 2 N–H and O–H groups in total. The molecule has 27 heavy (non-hydrogen) atoms. The van der Waals surface area contributed by atoms with Crippen LogP contribution in [-0.2, 0) is 15.6 Å². The van der Waals surface area contributed by atoms with Gasteiger partial charge in [-0.2, -0.15) is 0 Å². The molecule has 2 aromatic rings. The van der Waals surface area contributed by atoms with Gasteiger partial charge in [0.2, 0.25) is 0 Å². The largest absolute Gasteiger partial charge is 0.338 e. The van der Waals surface area contributed by atoms with Crippen LogP contribution in [0, 0.1) is 12.3 Å². The van der Waals surface area contributed by atoms with Gasteiger partial charge >= 0.3 is 0 Å². The van der Waals surface area contributed by atoms with E-state index in [1.165, 1.54) is 0 Å². The van der Waals surface area contributed by atoms with Crippen LogP contribution in [-0.4, -0.2) is 38.9 Å². The summed E-state index contributed by atoms with van der Waals surface area (Å²) in [5.41, 5.74) is 8.05. The van der Waals surface area contributed by atoms with Crippen molar-refractivity contribution in [2.45, 2.75) is 30.9 Å². The molecular weight excluding hydrogens is 360 g/mol. The Bertz CT molecular complexity index is 921. The fraction of sp³-hybridized carbons (Fsp3) is 0.381. The Kier molecular flexibility index (Phi) is 5.40. The number of sulfone groups is 1. The first-order valence-electron chi connectivity index (χ1n) is 9.10. The molecule has 144 valence electrons. The Labute approximate surface area is 161 Å². The normalized spacial score (nSPS) is 20.0. The van der Waals surface area contributed by atoms with Gasteiger partial charge < -0.3 is 10.6 Å². The zero-order valence-electron chi connectivity index (χ0n) is 15.8. The van der Waals surface area contributed by atoms with Crippen LogP contribution in [0.4, 0.5) is 0 Å². The molecule has 1 aliphatic rings. The van der Waals surface area contributed by atoms with Crippen LogP contribution in [0.25, 0.3) is 0 Å². The van der Waals surface area contributed by atoms with Gasteiger partial charge in [-0.3, -0.25) is 4.79 Å². The van der Waals surface area contributed by atoms with Gasteiger partial charge in [-0.1, -0.05) is 36.8 Å². The summed E-state index contributed by atoms with van der Waals surface area (Å²) in [5.74, 6) is -0.112. The zero-order valence-corrected chi connectivity index (χ0v) is 16.6. The van der Waals surface area contributed by atoms with E-state index in [2.05, 4.69) is 6.92 Å². The number of hydrogen-bond donors (Lipinski definition) is 1. The lowest BCUT2D eigenvalue weighted by atomic mass is 9.90. The minimum absolute atomic E-state index is 0.0162. The number of carbonyl (C=O) groups is 1. The number of carbonyl (C=O) groups excluding carboxylic acids is 1. The van der Waals surface area contributed by atoms with Gasteiger partial charge in [0.25, 0.3) is 5.91 Å². The smallest absolute Gasteiger partial charge is 0.253 e. The highest BCUT2D eigenvalue weighted by Gasteiger charge is 2.35. The summed E-state index contributed by atoms with van der Waals surface area (Å²) < 4.78 is 25.1. The molecule has 0 aliphatic carbocycles. The van der Waals surface area contributed by atoms with Crippen molar-refractivity contribution in [2.24, 2.45) is 11.1 Å². The maximum absolute atomic E-state index is 12.7. The second-order valence-corrected chi connectivity index (χ2v) is 9.75. The van der Waals surface area contributed by atoms with Gasteiger partial charge in [0, 0.05) is 18.7 Å². The molecule has 6 heteroatoms. The van der Waals surface area contributed by atoms with Crippen LogP contribution in [0.1, 0.15) is 34.8 Å². The van der Waals surface area contributed by atoms with Crippen molar-refractivity contribution in [3.05, 3.63) is 65.2 Å². The number of aryl methyl sites for hydroxylation is 1. The van der Waals surface area contributed by atoms with Crippen LogP contribution in [0.15, 0.2) is 53.4 Å². The lowest BCUT2D eigenvalue weighted by Gasteiger charge is -2.22. The van der Waals surface area contributed by atoms with E-state index in [4.69, 9.17) is 5.73 Å². The second-order valence-electron chi connectivity index (χ2n) is 7.76. The Balaban J connectivity index is 1.70. The molecule has 1 aliphatic heterocycles. The summed E-state index contributed by atoms with van der Waals surface area (Å²) in [6, 6.07) is 13.7. The van der Waals surface area contributed by atoms with Crippen molar-refractivity contribution in [2.75, 3.05) is 19.6 Å². The highest BCUT2D eigenvalue weighted by atomic mass is 32.2. The van der Waals surface area contributed by atoms with E-state index in [1.807, 2.05) is 11.8 Å². The van der Waals surface area contributed by atoms with Crippen LogP contribution in [0.3, 0.4) is 0 Å². The summed E-state index contributed by atoms with van der Waals surface area (Å²) in [4.78, 5) is 14.8. The first kappa shape index (κ1) is 19.6. The lowest BCUT2D eigenvalue weighted by molar-refractivity contribution is 0.0777. The van der Waals surface area contributed by atoms with Crippen molar-refractivity contribution in [3.63, 3.8) is 0 Å². The van der Waals surface area contributed by atoms with E-state index in [1.54, 1.807) is 48.5 Å². The molecular formula is C21H26N2O3S. The lowest BCUT2D eigenvalue weighted by Crippen LogP contribution is -2.34. The number of benzene rings is 2. The summed E-state index contributed by atoms with van der Waals surface area (Å²) in [7, 11) is -3.41. The van der Waals surface area contributed by atoms with E-state index < -0.39 is 9.84 Å². The van der Waals surface area contributed by atoms with Crippen molar-refractivity contribution in [3.8, 4) is 0 Å². The molecule has 0 bridgehead atoms. The SMILES string of the molecule is Cc1ccc(S(=O)(=O)Cc2ccc(C(=O)N3CCC(C)(CN)C3)cc2)cc1. The molecule has 1 amide bonds. The highest BCUT2D eigenvalue weighted by Crippen LogP contribution is 2.29. The van der Waals surface area contributed by atoms with Gasteiger partial charge in [0.15, 0.2) is 9.84 Å². The Morgan fingerprint density at radius 3 is 2.30 bits per heavy atom. The molecule has 0 spiro atoms.